The Bertz CT molecular complexity index is 434. The van der Waals surface area contributed by atoms with Crippen LogP contribution >= 0.6 is 11.3 Å². The van der Waals surface area contributed by atoms with Crippen LogP contribution in [0.15, 0.2) is 5.38 Å². The van der Waals surface area contributed by atoms with Crippen molar-refractivity contribution in [2.24, 2.45) is 0 Å². The number of hydrogen-bond donors (Lipinski definition) is 2. The molecule has 20 heavy (non-hydrogen) atoms. The maximum absolute atomic E-state index is 9.70. The summed E-state index contributed by atoms with van der Waals surface area (Å²) in [4.78, 5) is 6.98. The molecule has 2 aliphatic rings. The van der Waals surface area contributed by atoms with Crippen molar-refractivity contribution in [2.75, 3.05) is 24.6 Å². The van der Waals surface area contributed by atoms with Crippen LogP contribution in [0.1, 0.15) is 44.2 Å². The van der Waals surface area contributed by atoms with Crippen LogP contribution in [0.25, 0.3) is 0 Å². The van der Waals surface area contributed by atoms with E-state index in [2.05, 4.69) is 27.5 Å². The smallest absolute Gasteiger partial charge is 0.185 e. The Morgan fingerprint density at radius 3 is 2.65 bits per heavy atom. The molecule has 0 aromatic carbocycles. The van der Waals surface area contributed by atoms with Crippen molar-refractivity contribution in [1.82, 2.24) is 10.3 Å². The number of aliphatic hydroxyl groups excluding tert-OH is 1. The standard InChI is InChI=1S/C15H25N3OS/c1-12-10-20-14(16-12)18-8-4-13(5-9-18)17-15(11-19)6-2-3-7-15/h10,13,17,19H,2-9,11H2,1H3. The van der Waals surface area contributed by atoms with E-state index in [1.807, 2.05) is 0 Å². The molecule has 112 valence electrons. The molecule has 0 spiro atoms. The Hall–Kier alpha value is -0.650. The van der Waals surface area contributed by atoms with E-state index in [-0.39, 0.29) is 5.54 Å². The molecule has 1 aromatic heterocycles. The fourth-order valence-corrected chi connectivity index (χ4v) is 4.39. The molecule has 4 nitrogen and oxygen atoms in total. The van der Waals surface area contributed by atoms with Crippen molar-refractivity contribution < 1.29 is 5.11 Å². The number of aliphatic hydroxyl groups is 1. The Morgan fingerprint density at radius 2 is 2.10 bits per heavy atom. The minimum atomic E-state index is 0.0185. The summed E-state index contributed by atoms with van der Waals surface area (Å²) in [5, 5.41) is 16.8. The molecule has 0 amide bonds. The molecule has 1 aliphatic heterocycles. The van der Waals surface area contributed by atoms with Gasteiger partial charge < -0.3 is 15.3 Å². The molecule has 1 aromatic rings. The lowest BCUT2D eigenvalue weighted by Crippen LogP contribution is -2.54. The van der Waals surface area contributed by atoms with Gasteiger partial charge in [-0.2, -0.15) is 0 Å². The number of piperidine rings is 1. The summed E-state index contributed by atoms with van der Waals surface area (Å²) in [5.41, 5.74) is 1.14. The minimum Gasteiger partial charge on any atom is -0.394 e. The van der Waals surface area contributed by atoms with Crippen LogP contribution in [0.5, 0.6) is 0 Å². The first-order valence-corrected chi connectivity index (χ1v) is 8.64. The summed E-state index contributed by atoms with van der Waals surface area (Å²) >= 11 is 1.75. The van der Waals surface area contributed by atoms with Crippen molar-refractivity contribution in [3.8, 4) is 0 Å². The molecular weight excluding hydrogens is 270 g/mol. The van der Waals surface area contributed by atoms with E-state index in [0.717, 1.165) is 44.5 Å². The second-order valence-electron chi connectivity index (χ2n) is 6.32. The second kappa shape index (κ2) is 6.00. The average Bonchev–Trinajstić information content (AvgIpc) is 3.10. The van der Waals surface area contributed by atoms with Crippen LogP contribution in [0.4, 0.5) is 5.13 Å². The largest absolute Gasteiger partial charge is 0.394 e. The molecule has 2 fully saturated rings. The number of thiazole rings is 1. The first kappa shape index (κ1) is 14.3. The highest BCUT2D eigenvalue weighted by Gasteiger charge is 2.35. The fraction of sp³-hybridized carbons (Fsp3) is 0.800. The van der Waals surface area contributed by atoms with Crippen LogP contribution in [0, 0.1) is 6.92 Å². The zero-order valence-electron chi connectivity index (χ0n) is 12.3. The first-order chi connectivity index (χ1) is 9.71. The zero-order chi connectivity index (χ0) is 14.0. The van der Waals surface area contributed by atoms with Gasteiger partial charge in [0, 0.05) is 30.1 Å². The van der Waals surface area contributed by atoms with Crippen molar-refractivity contribution in [1.29, 1.82) is 0 Å². The third-order valence-electron chi connectivity index (χ3n) is 4.75. The van der Waals surface area contributed by atoms with Gasteiger partial charge in [0.2, 0.25) is 0 Å². The average molecular weight is 295 g/mol. The van der Waals surface area contributed by atoms with Gasteiger partial charge in [-0.05, 0) is 32.6 Å². The number of aromatic nitrogens is 1. The topological polar surface area (TPSA) is 48.4 Å². The maximum atomic E-state index is 9.70. The molecular formula is C15H25N3OS. The summed E-state index contributed by atoms with van der Waals surface area (Å²) in [5.74, 6) is 0. The number of anilines is 1. The lowest BCUT2D eigenvalue weighted by atomic mass is 9.94. The van der Waals surface area contributed by atoms with E-state index in [1.165, 1.54) is 18.0 Å². The van der Waals surface area contributed by atoms with Gasteiger partial charge in [-0.1, -0.05) is 12.8 Å². The Kier molecular flexibility index (Phi) is 4.29. The highest BCUT2D eigenvalue weighted by molar-refractivity contribution is 7.13. The highest BCUT2D eigenvalue weighted by Crippen LogP contribution is 2.31. The number of hydrogen-bond acceptors (Lipinski definition) is 5. The number of nitrogens with zero attached hydrogens (tertiary/aromatic N) is 2. The Balaban J connectivity index is 1.53. The van der Waals surface area contributed by atoms with Crippen LogP contribution in [-0.2, 0) is 0 Å². The molecule has 5 heteroatoms. The molecule has 0 unspecified atom stereocenters. The Labute approximate surface area is 125 Å². The molecule has 0 bridgehead atoms. The van der Waals surface area contributed by atoms with Crippen molar-refractivity contribution in [2.45, 2.75) is 57.0 Å². The van der Waals surface area contributed by atoms with E-state index in [9.17, 15) is 5.11 Å². The lowest BCUT2D eigenvalue weighted by molar-refractivity contribution is 0.144. The number of nitrogens with one attached hydrogen (secondary N) is 1. The quantitative estimate of drug-likeness (QED) is 0.895. The second-order valence-corrected chi connectivity index (χ2v) is 7.16. The fourth-order valence-electron chi connectivity index (χ4n) is 3.53. The molecule has 1 saturated carbocycles. The first-order valence-electron chi connectivity index (χ1n) is 7.76. The van der Waals surface area contributed by atoms with Crippen LogP contribution in [-0.4, -0.2) is 41.4 Å². The molecule has 2 N–H and O–H groups in total. The van der Waals surface area contributed by atoms with Gasteiger partial charge in [-0.15, -0.1) is 11.3 Å². The maximum Gasteiger partial charge on any atom is 0.185 e. The molecule has 1 aliphatic carbocycles. The lowest BCUT2D eigenvalue weighted by Gasteiger charge is -2.38. The van der Waals surface area contributed by atoms with Crippen LogP contribution < -0.4 is 10.2 Å². The van der Waals surface area contributed by atoms with Gasteiger partial charge in [-0.25, -0.2) is 4.98 Å². The molecule has 1 saturated heterocycles. The van der Waals surface area contributed by atoms with E-state index < -0.39 is 0 Å². The number of rotatable bonds is 4. The highest BCUT2D eigenvalue weighted by atomic mass is 32.1. The van der Waals surface area contributed by atoms with Gasteiger partial charge in [0.1, 0.15) is 0 Å². The van der Waals surface area contributed by atoms with Crippen molar-refractivity contribution >= 4 is 16.5 Å². The molecule has 0 radical (unpaired) electrons. The molecule has 3 rings (SSSR count). The monoisotopic (exact) mass is 295 g/mol. The van der Waals surface area contributed by atoms with E-state index in [0.29, 0.717) is 12.6 Å². The van der Waals surface area contributed by atoms with Crippen LogP contribution in [0.2, 0.25) is 0 Å². The number of aryl methyl sites for hydroxylation is 1. The van der Waals surface area contributed by atoms with Crippen molar-refractivity contribution in [3.63, 3.8) is 0 Å². The van der Waals surface area contributed by atoms with E-state index in [4.69, 9.17) is 0 Å². The third kappa shape index (κ3) is 3.00. The third-order valence-corrected chi connectivity index (χ3v) is 5.77. The van der Waals surface area contributed by atoms with Gasteiger partial charge in [0.15, 0.2) is 5.13 Å². The summed E-state index contributed by atoms with van der Waals surface area (Å²) in [6.07, 6.45) is 7.08. The van der Waals surface area contributed by atoms with Gasteiger partial charge in [-0.3, -0.25) is 0 Å². The van der Waals surface area contributed by atoms with Crippen LogP contribution in [0.3, 0.4) is 0 Å². The summed E-state index contributed by atoms with van der Waals surface area (Å²) < 4.78 is 0. The van der Waals surface area contributed by atoms with Crippen molar-refractivity contribution in [3.05, 3.63) is 11.1 Å². The van der Waals surface area contributed by atoms with E-state index >= 15 is 0 Å². The Morgan fingerprint density at radius 1 is 1.40 bits per heavy atom. The van der Waals surface area contributed by atoms with Gasteiger partial charge >= 0.3 is 0 Å². The van der Waals surface area contributed by atoms with E-state index in [1.54, 1.807) is 11.3 Å². The normalized spacial score (nSPS) is 23.4. The molecule has 0 atom stereocenters. The summed E-state index contributed by atoms with van der Waals surface area (Å²) in [6, 6.07) is 0.553. The molecule has 2 heterocycles. The predicted molar refractivity (Wildman–Crippen MR) is 83.5 cm³/mol. The predicted octanol–water partition coefficient (Wildman–Crippen LogP) is 2.32. The summed E-state index contributed by atoms with van der Waals surface area (Å²) in [7, 11) is 0. The zero-order valence-corrected chi connectivity index (χ0v) is 13.1. The SMILES string of the molecule is Cc1csc(N2CCC(NC3(CO)CCCC3)CC2)n1. The van der Waals surface area contributed by atoms with Gasteiger partial charge in [0.05, 0.1) is 12.3 Å². The minimum absolute atomic E-state index is 0.0185. The summed E-state index contributed by atoms with van der Waals surface area (Å²) in [6.45, 7) is 4.50. The van der Waals surface area contributed by atoms with Gasteiger partial charge in [0.25, 0.3) is 0 Å².